The highest BCUT2D eigenvalue weighted by molar-refractivity contribution is 6.03. The van der Waals surface area contributed by atoms with Gasteiger partial charge in [-0.2, -0.15) is 5.10 Å². The van der Waals surface area contributed by atoms with Gasteiger partial charge in [-0.1, -0.05) is 6.07 Å². The number of carbonyl (C=O) groups is 1. The fourth-order valence-corrected chi connectivity index (χ4v) is 4.13. The smallest absolute Gasteiger partial charge is 0.256 e. The van der Waals surface area contributed by atoms with Crippen LogP contribution in [0, 0.1) is 11.7 Å². The van der Waals surface area contributed by atoms with E-state index in [1.54, 1.807) is 6.07 Å². The standard InChI is InChI=1S/C26H33FN6O.ClH/c1-19(2)33-18-21(17-29-33)12-15-32-13-10-20(11-14-32)16-28-24-4-3-5-25(30-24)31-26(34)22-6-8-23(27)9-7-22;/h3-9,17-20H,10-16H2,1-2H3,(H2,28,30,31,34);1H. The highest BCUT2D eigenvalue weighted by atomic mass is 35.5. The van der Waals surface area contributed by atoms with Crippen LogP contribution < -0.4 is 10.6 Å². The summed E-state index contributed by atoms with van der Waals surface area (Å²) in [6.07, 6.45) is 7.49. The average Bonchev–Trinajstić information content (AvgIpc) is 3.32. The number of amides is 1. The van der Waals surface area contributed by atoms with Crippen LogP contribution in [0.15, 0.2) is 54.9 Å². The lowest BCUT2D eigenvalue weighted by molar-refractivity contribution is 0.102. The fourth-order valence-electron chi connectivity index (χ4n) is 4.13. The Labute approximate surface area is 212 Å². The summed E-state index contributed by atoms with van der Waals surface area (Å²) in [5.41, 5.74) is 1.69. The van der Waals surface area contributed by atoms with E-state index >= 15 is 0 Å². The van der Waals surface area contributed by atoms with Gasteiger partial charge in [-0.05, 0) is 94.1 Å². The summed E-state index contributed by atoms with van der Waals surface area (Å²) in [5.74, 6) is 1.12. The third-order valence-electron chi connectivity index (χ3n) is 6.28. The molecular weight excluding hydrogens is 467 g/mol. The molecule has 1 aliphatic heterocycles. The van der Waals surface area contributed by atoms with Crippen molar-refractivity contribution in [3.63, 3.8) is 0 Å². The largest absolute Gasteiger partial charge is 0.370 e. The molecule has 1 amide bonds. The molecule has 2 N–H and O–H groups in total. The number of pyridine rings is 1. The maximum atomic E-state index is 13.1. The lowest BCUT2D eigenvalue weighted by Crippen LogP contribution is -2.37. The average molecular weight is 501 g/mol. The van der Waals surface area contributed by atoms with E-state index in [0.717, 1.165) is 51.3 Å². The van der Waals surface area contributed by atoms with Crippen LogP contribution in [-0.2, 0) is 6.42 Å². The first-order valence-corrected chi connectivity index (χ1v) is 12.0. The van der Waals surface area contributed by atoms with Crippen LogP contribution in [-0.4, -0.2) is 51.8 Å². The van der Waals surface area contributed by atoms with Crippen molar-refractivity contribution in [3.8, 4) is 0 Å². The van der Waals surface area contributed by atoms with Gasteiger partial charge >= 0.3 is 0 Å². The Bertz CT molecular complexity index is 1080. The van der Waals surface area contributed by atoms with E-state index in [0.29, 0.717) is 23.3 Å². The number of carbonyl (C=O) groups excluding carboxylic acids is 1. The van der Waals surface area contributed by atoms with E-state index in [1.807, 2.05) is 23.0 Å². The summed E-state index contributed by atoms with van der Waals surface area (Å²) in [4.78, 5) is 19.4. The number of piperidine rings is 1. The van der Waals surface area contributed by atoms with E-state index in [9.17, 15) is 9.18 Å². The first kappa shape index (κ1) is 26.6. The maximum absolute atomic E-state index is 13.1. The molecule has 0 bridgehead atoms. The van der Waals surface area contributed by atoms with E-state index in [2.05, 4.69) is 45.7 Å². The Hall–Kier alpha value is -2.97. The molecule has 1 aromatic carbocycles. The van der Waals surface area contributed by atoms with Crippen molar-refractivity contribution in [2.45, 2.75) is 39.2 Å². The molecule has 1 aliphatic rings. The molecule has 0 spiro atoms. The van der Waals surface area contributed by atoms with Gasteiger partial charge in [0.25, 0.3) is 5.91 Å². The van der Waals surface area contributed by atoms with Gasteiger partial charge in [0, 0.05) is 30.9 Å². The zero-order valence-corrected chi connectivity index (χ0v) is 21.1. The SMILES string of the molecule is CC(C)n1cc(CCN2CCC(CNc3cccc(NC(=O)c4ccc(F)cc4)n3)CC2)cn1.Cl. The number of rotatable bonds is 9. The molecule has 7 nitrogen and oxygen atoms in total. The van der Waals surface area contributed by atoms with Gasteiger partial charge in [-0.15, -0.1) is 12.4 Å². The summed E-state index contributed by atoms with van der Waals surface area (Å²) < 4.78 is 15.1. The van der Waals surface area contributed by atoms with Crippen LogP contribution in [0.3, 0.4) is 0 Å². The lowest BCUT2D eigenvalue weighted by atomic mass is 9.96. The third-order valence-corrected chi connectivity index (χ3v) is 6.28. The number of hydrogen-bond donors (Lipinski definition) is 2. The quantitative estimate of drug-likeness (QED) is 0.430. The molecule has 35 heavy (non-hydrogen) atoms. The normalized spacial score (nSPS) is 14.5. The second-order valence-corrected chi connectivity index (χ2v) is 9.21. The highest BCUT2D eigenvalue weighted by Gasteiger charge is 2.19. The van der Waals surface area contributed by atoms with E-state index in [-0.39, 0.29) is 24.1 Å². The van der Waals surface area contributed by atoms with Crippen molar-refractivity contribution in [2.75, 3.05) is 36.8 Å². The van der Waals surface area contributed by atoms with Crippen molar-refractivity contribution in [1.82, 2.24) is 19.7 Å². The molecule has 0 atom stereocenters. The Morgan fingerprint density at radius 1 is 1.11 bits per heavy atom. The predicted octanol–water partition coefficient (Wildman–Crippen LogP) is 5.04. The summed E-state index contributed by atoms with van der Waals surface area (Å²) in [6, 6.07) is 11.4. The Balaban J connectivity index is 0.00000342. The summed E-state index contributed by atoms with van der Waals surface area (Å²) in [6.45, 7) is 8.42. The van der Waals surface area contributed by atoms with Crippen LogP contribution >= 0.6 is 12.4 Å². The number of aromatic nitrogens is 3. The van der Waals surface area contributed by atoms with Gasteiger partial charge in [0.1, 0.15) is 17.5 Å². The molecule has 0 radical (unpaired) electrons. The predicted molar refractivity (Wildman–Crippen MR) is 140 cm³/mol. The monoisotopic (exact) mass is 500 g/mol. The molecule has 1 saturated heterocycles. The molecule has 3 heterocycles. The Morgan fingerprint density at radius 3 is 2.51 bits per heavy atom. The summed E-state index contributed by atoms with van der Waals surface area (Å²) in [5, 5.41) is 10.6. The molecule has 0 saturated carbocycles. The topological polar surface area (TPSA) is 75.1 Å². The Morgan fingerprint density at radius 2 is 1.83 bits per heavy atom. The third kappa shape index (κ3) is 7.77. The van der Waals surface area contributed by atoms with Gasteiger partial charge in [0.15, 0.2) is 0 Å². The number of likely N-dealkylation sites (tertiary alicyclic amines) is 1. The first-order chi connectivity index (χ1) is 16.5. The zero-order valence-electron chi connectivity index (χ0n) is 20.3. The van der Waals surface area contributed by atoms with Gasteiger partial charge in [0.2, 0.25) is 0 Å². The second-order valence-electron chi connectivity index (χ2n) is 9.21. The molecule has 2 aromatic heterocycles. The fraction of sp³-hybridized carbons (Fsp3) is 0.423. The molecule has 1 fully saturated rings. The van der Waals surface area contributed by atoms with Gasteiger partial charge in [0.05, 0.1) is 6.20 Å². The van der Waals surface area contributed by atoms with Gasteiger partial charge in [-0.25, -0.2) is 9.37 Å². The highest BCUT2D eigenvalue weighted by Crippen LogP contribution is 2.19. The van der Waals surface area contributed by atoms with Crippen LogP contribution in [0.25, 0.3) is 0 Å². The second kappa shape index (κ2) is 12.7. The number of halogens is 2. The molecule has 0 unspecified atom stereocenters. The van der Waals surface area contributed by atoms with Crippen molar-refractivity contribution < 1.29 is 9.18 Å². The number of hydrogen-bond acceptors (Lipinski definition) is 5. The maximum Gasteiger partial charge on any atom is 0.256 e. The molecular formula is C26H34ClFN6O. The minimum absolute atomic E-state index is 0. The van der Waals surface area contributed by atoms with Crippen LogP contribution in [0.5, 0.6) is 0 Å². The van der Waals surface area contributed by atoms with Crippen molar-refractivity contribution in [3.05, 3.63) is 71.8 Å². The van der Waals surface area contributed by atoms with Crippen LogP contribution in [0.4, 0.5) is 16.0 Å². The number of nitrogens with zero attached hydrogens (tertiary/aromatic N) is 4. The van der Waals surface area contributed by atoms with Crippen molar-refractivity contribution >= 4 is 29.9 Å². The van der Waals surface area contributed by atoms with Crippen LogP contribution in [0.1, 0.15) is 48.7 Å². The molecule has 4 rings (SSSR count). The molecule has 9 heteroatoms. The van der Waals surface area contributed by atoms with Crippen molar-refractivity contribution in [1.29, 1.82) is 0 Å². The van der Waals surface area contributed by atoms with E-state index < -0.39 is 0 Å². The van der Waals surface area contributed by atoms with Crippen molar-refractivity contribution in [2.24, 2.45) is 5.92 Å². The Kier molecular flexibility index (Phi) is 9.63. The summed E-state index contributed by atoms with van der Waals surface area (Å²) in [7, 11) is 0. The van der Waals surface area contributed by atoms with Crippen LogP contribution in [0.2, 0.25) is 0 Å². The van der Waals surface area contributed by atoms with Gasteiger partial charge in [-0.3, -0.25) is 9.48 Å². The summed E-state index contributed by atoms with van der Waals surface area (Å²) >= 11 is 0. The molecule has 0 aliphatic carbocycles. The molecule has 3 aromatic rings. The molecule has 188 valence electrons. The number of nitrogens with one attached hydrogen (secondary N) is 2. The minimum Gasteiger partial charge on any atom is -0.370 e. The number of anilines is 2. The van der Waals surface area contributed by atoms with Gasteiger partial charge < -0.3 is 15.5 Å². The van der Waals surface area contributed by atoms with E-state index in [1.165, 1.54) is 29.8 Å². The van der Waals surface area contributed by atoms with E-state index in [4.69, 9.17) is 0 Å². The lowest BCUT2D eigenvalue weighted by Gasteiger charge is -2.32. The minimum atomic E-state index is -0.370. The first-order valence-electron chi connectivity index (χ1n) is 12.0. The number of benzene rings is 1. The zero-order chi connectivity index (χ0) is 23.9.